The van der Waals surface area contributed by atoms with Crippen LogP contribution >= 0.6 is 12.4 Å². The number of carbonyl (C=O) groups is 1. The van der Waals surface area contributed by atoms with Crippen molar-refractivity contribution in [2.24, 2.45) is 5.92 Å². The van der Waals surface area contributed by atoms with Gasteiger partial charge in [0.1, 0.15) is 18.0 Å². The van der Waals surface area contributed by atoms with Crippen LogP contribution in [0.25, 0.3) is 10.9 Å². The number of nitrogens with one attached hydrogen (secondary N) is 2. The number of hydrogen-bond donors (Lipinski definition) is 2. The van der Waals surface area contributed by atoms with Crippen LogP contribution in [0, 0.1) is 12.8 Å². The lowest BCUT2D eigenvalue weighted by atomic mass is 10.0. The fraction of sp³-hybridized carbons (Fsp3) is 0.385. The van der Waals surface area contributed by atoms with Gasteiger partial charge in [-0.15, -0.1) is 12.4 Å². The largest absolute Gasteiger partial charge is 0.489 e. The Bertz CT molecular complexity index is 1320. The number of aryl methyl sites for hydroxylation is 1. The molecule has 2 heterocycles. The molecule has 36 heavy (non-hydrogen) atoms. The second-order valence-corrected chi connectivity index (χ2v) is 11.4. The van der Waals surface area contributed by atoms with Crippen LogP contribution in [0.5, 0.6) is 5.75 Å². The first-order valence-corrected chi connectivity index (χ1v) is 13.0. The van der Waals surface area contributed by atoms with E-state index in [2.05, 4.69) is 15.0 Å². The summed E-state index contributed by atoms with van der Waals surface area (Å²) >= 11 is 0. The minimum Gasteiger partial charge on any atom is -0.489 e. The van der Waals surface area contributed by atoms with Gasteiger partial charge in [-0.1, -0.05) is 18.2 Å². The smallest absolute Gasteiger partial charge is 0.312 e. The van der Waals surface area contributed by atoms with Gasteiger partial charge in [0.2, 0.25) is 10.0 Å². The van der Waals surface area contributed by atoms with E-state index in [0.717, 1.165) is 22.2 Å². The van der Waals surface area contributed by atoms with Crippen LogP contribution in [-0.4, -0.2) is 44.1 Å². The van der Waals surface area contributed by atoms with Crippen LogP contribution in [0.2, 0.25) is 0 Å². The van der Waals surface area contributed by atoms with Crippen molar-refractivity contribution in [3.8, 4) is 5.75 Å². The van der Waals surface area contributed by atoms with Crippen molar-refractivity contribution in [2.45, 2.75) is 50.8 Å². The Morgan fingerprint density at radius 3 is 2.50 bits per heavy atom. The Morgan fingerprint density at radius 2 is 1.81 bits per heavy atom. The maximum absolute atomic E-state index is 13.0. The quantitative estimate of drug-likeness (QED) is 0.445. The first kappa shape index (κ1) is 27.9. The fourth-order valence-corrected chi connectivity index (χ4v) is 5.36. The van der Waals surface area contributed by atoms with Crippen LogP contribution in [0.15, 0.2) is 59.5 Å². The highest BCUT2D eigenvalue weighted by Gasteiger charge is 2.38. The normalized spacial score (nSPS) is 18.0. The zero-order valence-corrected chi connectivity index (χ0v) is 22.4. The predicted molar refractivity (Wildman–Crippen MR) is 141 cm³/mol. The molecule has 0 spiro atoms. The highest BCUT2D eigenvalue weighted by molar-refractivity contribution is 7.89. The van der Waals surface area contributed by atoms with Crippen LogP contribution in [0.4, 0.5) is 0 Å². The maximum Gasteiger partial charge on any atom is 0.312 e. The third-order valence-corrected chi connectivity index (χ3v) is 7.19. The Balaban J connectivity index is 0.00000361. The topological polar surface area (TPSA) is 107 Å². The van der Waals surface area contributed by atoms with E-state index >= 15 is 0 Å². The molecule has 2 aromatic carbocycles. The van der Waals surface area contributed by atoms with Crippen molar-refractivity contribution >= 4 is 39.3 Å². The van der Waals surface area contributed by atoms with Crippen LogP contribution < -0.4 is 14.8 Å². The number of nitrogens with zero attached hydrogens (tertiary/aromatic N) is 1. The number of aromatic nitrogens is 1. The van der Waals surface area contributed by atoms with E-state index in [9.17, 15) is 13.2 Å². The molecule has 2 atom stereocenters. The number of carbonyl (C=O) groups excluding carboxylic acids is 1. The zero-order valence-electron chi connectivity index (χ0n) is 20.8. The molecule has 0 saturated carbocycles. The average Bonchev–Trinajstić information content (AvgIpc) is 3.24. The van der Waals surface area contributed by atoms with Crippen LogP contribution in [0.3, 0.4) is 0 Å². The van der Waals surface area contributed by atoms with E-state index in [-0.39, 0.29) is 17.3 Å². The molecule has 1 saturated heterocycles. The monoisotopic (exact) mass is 533 g/mol. The molecule has 0 amide bonds. The summed E-state index contributed by atoms with van der Waals surface area (Å²) < 4.78 is 40.0. The molecule has 1 aliphatic heterocycles. The number of para-hydroxylation sites is 1. The highest BCUT2D eigenvalue weighted by Crippen LogP contribution is 2.23. The van der Waals surface area contributed by atoms with Gasteiger partial charge in [0.05, 0.1) is 16.3 Å². The molecule has 2 N–H and O–H groups in total. The standard InChI is InChI=1S/C26H31N3O5S.ClH/c1-17-13-18(21-7-5-6-8-23(21)28-17)16-33-19-9-11-20(12-10-19)35(31,32)29-24-15-27-14-22(24)25(30)34-26(2,3)4;/h5-13,22,24,27,29H,14-16H2,1-4H3;1H/t22-,24+;/m1./s1. The number of hydrogen-bond acceptors (Lipinski definition) is 7. The number of fused-ring (bicyclic) bond motifs is 1. The summed E-state index contributed by atoms with van der Waals surface area (Å²) in [6.45, 7) is 8.34. The van der Waals surface area contributed by atoms with Crippen molar-refractivity contribution < 1.29 is 22.7 Å². The number of rotatable bonds is 7. The summed E-state index contributed by atoms with van der Waals surface area (Å²) in [6.07, 6.45) is 0. The Morgan fingerprint density at radius 1 is 1.11 bits per heavy atom. The number of ether oxygens (including phenoxy) is 2. The van der Waals surface area contributed by atoms with E-state index in [1.165, 1.54) is 12.1 Å². The van der Waals surface area contributed by atoms with Gasteiger partial charge in [-0.3, -0.25) is 9.78 Å². The molecule has 0 aliphatic carbocycles. The number of benzene rings is 2. The van der Waals surface area contributed by atoms with Crippen molar-refractivity contribution in [1.29, 1.82) is 0 Å². The maximum atomic E-state index is 13.0. The molecule has 0 unspecified atom stereocenters. The molecule has 0 radical (unpaired) electrons. The van der Waals surface area contributed by atoms with E-state index in [0.29, 0.717) is 25.4 Å². The highest BCUT2D eigenvalue weighted by atomic mass is 35.5. The molecule has 8 nitrogen and oxygen atoms in total. The van der Waals surface area contributed by atoms with Gasteiger partial charge >= 0.3 is 5.97 Å². The summed E-state index contributed by atoms with van der Waals surface area (Å²) in [7, 11) is -3.83. The van der Waals surface area contributed by atoms with E-state index in [1.54, 1.807) is 32.9 Å². The lowest BCUT2D eigenvalue weighted by molar-refractivity contribution is -0.159. The van der Waals surface area contributed by atoms with Gasteiger partial charge < -0.3 is 14.8 Å². The summed E-state index contributed by atoms with van der Waals surface area (Å²) in [4.78, 5) is 17.2. The third kappa shape index (κ3) is 6.73. The van der Waals surface area contributed by atoms with Crippen molar-refractivity contribution in [2.75, 3.05) is 13.1 Å². The molecule has 3 aromatic rings. The van der Waals surface area contributed by atoms with Crippen molar-refractivity contribution in [3.05, 3.63) is 65.9 Å². The minimum absolute atomic E-state index is 0. The third-order valence-electron chi connectivity index (χ3n) is 5.69. The molecule has 1 aromatic heterocycles. The molecular weight excluding hydrogens is 502 g/mol. The van der Waals surface area contributed by atoms with Crippen LogP contribution in [0.1, 0.15) is 32.0 Å². The first-order chi connectivity index (χ1) is 16.5. The van der Waals surface area contributed by atoms with Crippen molar-refractivity contribution in [3.63, 3.8) is 0 Å². The number of pyridine rings is 1. The Hall–Kier alpha value is -2.72. The Kier molecular flexibility index (Phi) is 8.61. The van der Waals surface area contributed by atoms with Gasteiger partial charge in [-0.2, -0.15) is 0 Å². The molecule has 1 fully saturated rings. The van der Waals surface area contributed by atoms with E-state index < -0.39 is 33.6 Å². The van der Waals surface area contributed by atoms with Gasteiger partial charge in [-0.25, -0.2) is 13.1 Å². The van der Waals surface area contributed by atoms with Gasteiger partial charge in [0.25, 0.3) is 0 Å². The molecule has 194 valence electrons. The van der Waals surface area contributed by atoms with Gasteiger partial charge in [0.15, 0.2) is 0 Å². The minimum atomic E-state index is -3.83. The molecule has 1 aliphatic rings. The summed E-state index contributed by atoms with van der Waals surface area (Å²) in [5.41, 5.74) is 2.18. The molecular formula is C26H32ClN3O5S. The van der Waals surface area contributed by atoms with Crippen LogP contribution in [-0.2, 0) is 26.2 Å². The Labute approximate surface area is 218 Å². The van der Waals surface area contributed by atoms with E-state index in [4.69, 9.17) is 9.47 Å². The SMILES string of the molecule is Cc1cc(COc2ccc(S(=O)(=O)N[C@H]3CNC[C@H]3C(=O)OC(C)(C)C)cc2)c2ccccc2n1.Cl. The number of sulfonamides is 1. The van der Waals surface area contributed by atoms with Gasteiger partial charge in [-0.05, 0) is 64.1 Å². The fourth-order valence-electron chi connectivity index (χ4n) is 4.09. The molecule has 10 heteroatoms. The second-order valence-electron chi connectivity index (χ2n) is 9.73. The zero-order chi connectivity index (χ0) is 25.2. The predicted octanol–water partition coefficient (Wildman–Crippen LogP) is 3.75. The first-order valence-electron chi connectivity index (χ1n) is 11.6. The average molecular weight is 534 g/mol. The second kappa shape index (κ2) is 11.1. The summed E-state index contributed by atoms with van der Waals surface area (Å²) in [5.74, 6) is -0.459. The molecule has 4 rings (SSSR count). The lowest BCUT2D eigenvalue weighted by Gasteiger charge is -2.24. The summed E-state index contributed by atoms with van der Waals surface area (Å²) in [6, 6.07) is 15.5. The lowest BCUT2D eigenvalue weighted by Crippen LogP contribution is -2.44. The summed E-state index contributed by atoms with van der Waals surface area (Å²) in [5, 5.41) is 4.09. The van der Waals surface area contributed by atoms with E-state index in [1.807, 2.05) is 37.3 Å². The number of esters is 1. The van der Waals surface area contributed by atoms with Gasteiger partial charge in [0, 0.05) is 35.8 Å². The number of halogens is 1. The van der Waals surface area contributed by atoms with Crippen molar-refractivity contribution in [1.82, 2.24) is 15.0 Å². The molecule has 0 bridgehead atoms.